The van der Waals surface area contributed by atoms with Crippen molar-refractivity contribution in [1.29, 1.82) is 0 Å². The number of carbonyl (C=O) groups excluding carboxylic acids is 1. The number of aromatic nitrogens is 5. The largest absolute Gasteiger partial charge is 0.496 e. The lowest BCUT2D eigenvalue weighted by molar-refractivity contribution is 0.0656. The molecule has 0 saturated heterocycles. The van der Waals surface area contributed by atoms with Gasteiger partial charge in [0.1, 0.15) is 11.3 Å². The molecule has 0 fully saturated rings. The second-order valence-corrected chi connectivity index (χ2v) is 7.42. The summed E-state index contributed by atoms with van der Waals surface area (Å²) in [6, 6.07) is 7.02. The predicted molar refractivity (Wildman–Crippen MR) is 123 cm³/mol. The van der Waals surface area contributed by atoms with Crippen LogP contribution in [0.1, 0.15) is 10.4 Å². The molecule has 1 aromatic carbocycles. The number of halogens is 1. The monoisotopic (exact) mass is 470 g/mol. The van der Waals surface area contributed by atoms with Crippen molar-refractivity contribution < 1.29 is 19.0 Å². The van der Waals surface area contributed by atoms with Crippen molar-refractivity contribution in [2.45, 2.75) is 6.54 Å². The molecular formula is C22H23ClN6O4. The summed E-state index contributed by atoms with van der Waals surface area (Å²) in [6.07, 6.45) is 6.40. The normalized spacial score (nSPS) is 11.1. The van der Waals surface area contributed by atoms with Gasteiger partial charge in [-0.2, -0.15) is 10.2 Å². The van der Waals surface area contributed by atoms with Gasteiger partial charge in [-0.3, -0.25) is 9.48 Å². The van der Waals surface area contributed by atoms with Gasteiger partial charge in [0.15, 0.2) is 5.65 Å². The van der Waals surface area contributed by atoms with E-state index in [1.165, 1.54) is 10.7 Å². The van der Waals surface area contributed by atoms with Crippen molar-refractivity contribution in [2.24, 2.45) is 0 Å². The van der Waals surface area contributed by atoms with Crippen LogP contribution in [0.25, 0.3) is 16.9 Å². The number of carbonyl (C=O) groups is 1. The van der Waals surface area contributed by atoms with Gasteiger partial charge in [0, 0.05) is 30.1 Å². The highest BCUT2D eigenvalue weighted by Gasteiger charge is 2.21. The summed E-state index contributed by atoms with van der Waals surface area (Å²) in [4.78, 5) is 17.3. The molecule has 4 aromatic rings. The van der Waals surface area contributed by atoms with Gasteiger partial charge >= 0.3 is 0 Å². The van der Waals surface area contributed by atoms with Crippen LogP contribution in [0.4, 0.5) is 5.69 Å². The number of ether oxygens (including phenoxy) is 3. The highest BCUT2D eigenvalue weighted by molar-refractivity contribution is 6.31. The van der Waals surface area contributed by atoms with E-state index in [0.717, 1.165) is 0 Å². The molecule has 0 aliphatic rings. The molecule has 3 aromatic heterocycles. The van der Waals surface area contributed by atoms with Crippen LogP contribution in [0.5, 0.6) is 5.75 Å². The minimum atomic E-state index is -0.359. The van der Waals surface area contributed by atoms with E-state index in [0.29, 0.717) is 65.3 Å². The van der Waals surface area contributed by atoms with Crippen LogP contribution >= 0.6 is 11.6 Å². The quantitative estimate of drug-likeness (QED) is 0.355. The molecule has 4 rings (SSSR count). The van der Waals surface area contributed by atoms with Crippen LogP contribution in [0.3, 0.4) is 0 Å². The van der Waals surface area contributed by atoms with E-state index in [1.807, 2.05) is 0 Å². The van der Waals surface area contributed by atoms with E-state index >= 15 is 0 Å². The Morgan fingerprint density at radius 1 is 1.15 bits per heavy atom. The van der Waals surface area contributed by atoms with E-state index in [-0.39, 0.29) is 5.91 Å². The third-order valence-electron chi connectivity index (χ3n) is 4.91. The Kier molecular flexibility index (Phi) is 7.18. The Morgan fingerprint density at radius 3 is 2.85 bits per heavy atom. The van der Waals surface area contributed by atoms with Crippen molar-refractivity contribution in [3.8, 4) is 17.0 Å². The summed E-state index contributed by atoms with van der Waals surface area (Å²) < 4.78 is 19.4. The van der Waals surface area contributed by atoms with Crippen LogP contribution in [-0.4, -0.2) is 64.3 Å². The van der Waals surface area contributed by atoms with E-state index < -0.39 is 0 Å². The molecule has 33 heavy (non-hydrogen) atoms. The molecule has 10 nitrogen and oxygen atoms in total. The van der Waals surface area contributed by atoms with Crippen molar-refractivity contribution in [2.75, 3.05) is 39.4 Å². The lowest BCUT2D eigenvalue weighted by Crippen LogP contribution is -2.14. The topological polar surface area (TPSA) is 105 Å². The number of hydrogen-bond donors (Lipinski definition) is 1. The van der Waals surface area contributed by atoms with Crippen LogP contribution in [0, 0.1) is 0 Å². The van der Waals surface area contributed by atoms with Crippen molar-refractivity contribution in [1.82, 2.24) is 24.4 Å². The Morgan fingerprint density at radius 2 is 2.03 bits per heavy atom. The van der Waals surface area contributed by atoms with E-state index in [1.54, 1.807) is 61.8 Å². The van der Waals surface area contributed by atoms with E-state index in [9.17, 15) is 4.79 Å². The minimum Gasteiger partial charge on any atom is -0.496 e. The number of fused-ring (bicyclic) bond motifs is 1. The number of anilines is 1. The molecule has 0 unspecified atom stereocenters. The maximum atomic E-state index is 13.1. The minimum absolute atomic E-state index is 0.343. The fourth-order valence-electron chi connectivity index (χ4n) is 3.37. The number of methoxy groups -OCH3 is 2. The van der Waals surface area contributed by atoms with Gasteiger partial charge in [0.25, 0.3) is 5.91 Å². The average molecular weight is 471 g/mol. The second-order valence-electron chi connectivity index (χ2n) is 6.98. The fourth-order valence-corrected chi connectivity index (χ4v) is 3.54. The van der Waals surface area contributed by atoms with E-state index in [4.69, 9.17) is 25.8 Å². The van der Waals surface area contributed by atoms with Gasteiger partial charge in [-0.1, -0.05) is 11.6 Å². The second kappa shape index (κ2) is 10.4. The molecule has 0 aliphatic heterocycles. The van der Waals surface area contributed by atoms with Gasteiger partial charge in [-0.15, -0.1) is 0 Å². The SMILES string of the molecule is COCCOCCn1ncc(NC(=O)c2cnn3cccnc23)c1-c1cc(Cl)ccc1OC. The summed E-state index contributed by atoms with van der Waals surface area (Å²) in [7, 11) is 3.19. The Bertz CT molecular complexity index is 1250. The zero-order valence-electron chi connectivity index (χ0n) is 18.2. The Hall–Kier alpha value is -3.47. The first-order valence-electron chi connectivity index (χ1n) is 10.2. The van der Waals surface area contributed by atoms with Gasteiger partial charge in [-0.25, -0.2) is 9.50 Å². The molecule has 0 atom stereocenters. The predicted octanol–water partition coefficient (Wildman–Crippen LogP) is 3.17. The molecule has 0 bridgehead atoms. The number of nitrogens with zero attached hydrogens (tertiary/aromatic N) is 5. The summed E-state index contributed by atoms with van der Waals surface area (Å²) in [5.74, 6) is 0.233. The molecule has 3 heterocycles. The average Bonchev–Trinajstić information content (AvgIpc) is 3.43. The highest BCUT2D eigenvalue weighted by Crippen LogP contribution is 2.37. The third kappa shape index (κ3) is 4.98. The van der Waals surface area contributed by atoms with Gasteiger partial charge < -0.3 is 19.5 Å². The Balaban J connectivity index is 1.67. The molecule has 0 saturated carbocycles. The van der Waals surface area contributed by atoms with Crippen molar-refractivity contribution >= 4 is 28.8 Å². The highest BCUT2D eigenvalue weighted by atomic mass is 35.5. The number of benzene rings is 1. The maximum Gasteiger partial charge on any atom is 0.261 e. The number of nitrogens with one attached hydrogen (secondary N) is 1. The first kappa shape index (κ1) is 22.7. The summed E-state index contributed by atoms with van der Waals surface area (Å²) >= 11 is 6.28. The molecule has 1 N–H and O–H groups in total. The van der Waals surface area contributed by atoms with Crippen molar-refractivity contribution in [3.05, 3.63) is 59.6 Å². The smallest absolute Gasteiger partial charge is 0.261 e. The standard InChI is InChI=1S/C22H23ClN6O4/c1-31-10-11-33-9-8-28-20(16-12-15(23)4-5-19(16)32-2)18(14-26-28)27-22(30)17-13-25-29-7-3-6-24-21(17)29/h3-7,12-14H,8-11H2,1-2H3,(H,27,30). The zero-order valence-corrected chi connectivity index (χ0v) is 19.0. The first-order valence-corrected chi connectivity index (χ1v) is 10.6. The maximum absolute atomic E-state index is 13.1. The molecule has 1 amide bonds. The molecule has 0 radical (unpaired) electrons. The lowest BCUT2D eigenvalue weighted by atomic mass is 10.1. The molecule has 0 aliphatic carbocycles. The molecule has 172 valence electrons. The van der Waals surface area contributed by atoms with Gasteiger partial charge in [0.2, 0.25) is 0 Å². The van der Waals surface area contributed by atoms with E-state index in [2.05, 4.69) is 20.5 Å². The summed E-state index contributed by atoms with van der Waals surface area (Å²) in [5.41, 5.74) is 2.62. The lowest BCUT2D eigenvalue weighted by Gasteiger charge is -2.14. The molecular weight excluding hydrogens is 448 g/mol. The number of hydrogen-bond acceptors (Lipinski definition) is 7. The first-order chi connectivity index (χ1) is 16.1. The number of amides is 1. The number of rotatable bonds is 10. The van der Waals surface area contributed by atoms with Gasteiger partial charge in [-0.05, 0) is 24.3 Å². The summed E-state index contributed by atoms with van der Waals surface area (Å²) in [5, 5.41) is 12.1. The van der Waals surface area contributed by atoms with Crippen LogP contribution in [0.2, 0.25) is 5.02 Å². The molecule has 0 spiro atoms. The van der Waals surface area contributed by atoms with Crippen LogP contribution < -0.4 is 10.1 Å². The summed E-state index contributed by atoms with van der Waals surface area (Å²) in [6.45, 7) is 1.83. The van der Waals surface area contributed by atoms with Gasteiger partial charge in [0.05, 0.1) is 57.3 Å². The molecule has 11 heteroatoms. The van der Waals surface area contributed by atoms with Crippen LogP contribution in [-0.2, 0) is 16.0 Å². The fraction of sp³-hybridized carbons (Fsp3) is 0.273. The van der Waals surface area contributed by atoms with Crippen LogP contribution in [0.15, 0.2) is 49.1 Å². The Labute approximate surface area is 195 Å². The third-order valence-corrected chi connectivity index (χ3v) is 5.14. The zero-order chi connectivity index (χ0) is 23.2. The van der Waals surface area contributed by atoms with Crippen molar-refractivity contribution in [3.63, 3.8) is 0 Å².